The summed E-state index contributed by atoms with van der Waals surface area (Å²) in [6.07, 6.45) is 0. The monoisotopic (exact) mass is 386 g/mol. The molecule has 0 unspecified atom stereocenters. The maximum atomic E-state index is 12.6. The number of aryl methyl sites for hydroxylation is 2. The molecule has 1 aromatic heterocycles. The van der Waals surface area contributed by atoms with Gasteiger partial charge in [-0.15, -0.1) is 0 Å². The molecular weight excluding hydrogens is 371 g/mol. The minimum atomic E-state index is -0.396. The summed E-state index contributed by atoms with van der Waals surface area (Å²) in [5, 5.41) is 6.71. The van der Waals surface area contributed by atoms with Crippen molar-refractivity contribution in [3.63, 3.8) is 0 Å². The lowest BCUT2D eigenvalue weighted by molar-refractivity contribution is 0.102. The van der Waals surface area contributed by atoms with Crippen LogP contribution in [0.5, 0.6) is 0 Å². The quantitative estimate of drug-likeness (QED) is 0.629. The number of halogens is 2. The summed E-state index contributed by atoms with van der Waals surface area (Å²) < 4.78 is 0. The highest BCUT2D eigenvalue weighted by Gasteiger charge is 2.13. The third-order valence-corrected chi connectivity index (χ3v) is 4.10. The number of anilines is 3. The van der Waals surface area contributed by atoms with Gasteiger partial charge in [0, 0.05) is 16.4 Å². The summed E-state index contributed by atoms with van der Waals surface area (Å²) in [5.41, 5.74) is 3.27. The Labute approximate surface area is 161 Å². The zero-order valence-corrected chi connectivity index (χ0v) is 15.7. The molecule has 2 N–H and O–H groups in total. The standard InChI is InChI=1S/C19H16Cl2N4O/c1-11-4-3-5-14(8-11)23-19-22-12(2)9-17(25-19)18(26)24-16-10-13(20)6-7-15(16)21/h3-10H,1-2H3,(H,24,26)(H,22,23,25). The van der Waals surface area contributed by atoms with Crippen molar-refractivity contribution in [2.75, 3.05) is 10.6 Å². The SMILES string of the molecule is Cc1cccc(Nc2nc(C)cc(C(=O)Nc3cc(Cl)ccc3Cl)n2)c1. The third-order valence-electron chi connectivity index (χ3n) is 3.54. The molecule has 3 rings (SSSR count). The highest BCUT2D eigenvalue weighted by molar-refractivity contribution is 6.35. The predicted octanol–water partition coefficient (Wildman–Crippen LogP) is 5.40. The maximum Gasteiger partial charge on any atom is 0.274 e. The van der Waals surface area contributed by atoms with E-state index in [1.165, 1.54) is 0 Å². The van der Waals surface area contributed by atoms with E-state index in [1.54, 1.807) is 31.2 Å². The van der Waals surface area contributed by atoms with Crippen LogP contribution in [-0.4, -0.2) is 15.9 Å². The molecule has 0 fully saturated rings. The minimum absolute atomic E-state index is 0.226. The molecule has 132 valence electrons. The number of nitrogens with zero attached hydrogens (tertiary/aromatic N) is 2. The highest BCUT2D eigenvalue weighted by atomic mass is 35.5. The van der Waals surface area contributed by atoms with E-state index in [2.05, 4.69) is 20.6 Å². The van der Waals surface area contributed by atoms with Crippen molar-refractivity contribution in [1.82, 2.24) is 9.97 Å². The number of carbonyl (C=O) groups is 1. The number of nitrogens with one attached hydrogen (secondary N) is 2. The zero-order chi connectivity index (χ0) is 18.7. The second-order valence-corrected chi connectivity index (χ2v) is 6.63. The minimum Gasteiger partial charge on any atom is -0.324 e. The van der Waals surface area contributed by atoms with Gasteiger partial charge in [0.15, 0.2) is 0 Å². The molecule has 26 heavy (non-hydrogen) atoms. The van der Waals surface area contributed by atoms with Crippen LogP contribution in [0.25, 0.3) is 0 Å². The van der Waals surface area contributed by atoms with Gasteiger partial charge in [-0.3, -0.25) is 4.79 Å². The molecule has 0 aliphatic carbocycles. The van der Waals surface area contributed by atoms with Gasteiger partial charge in [-0.05, 0) is 55.8 Å². The largest absolute Gasteiger partial charge is 0.324 e. The number of amides is 1. The van der Waals surface area contributed by atoms with Gasteiger partial charge in [0.05, 0.1) is 10.7 Å². The van der Waals surface area contributed by atoms with E-state index in [-0.39, 0.29) is 5.69 Å². The van der Waals surface area contributed by atoms with Crippen LogP contribution in [0.15, 0.2) is 48.5 Å². The maximum absolute atomic E-state index is 12.6. The van der Waals surface area contributed by atoms with Crippen molar-refractivity contribution >= 4 is 46.4 Å². The van der Waals surface area contributed by atoms with Gasteiger partial charge in [0.2, 0.25) is 5.95 Å². The smallest absolute Gasteiger partial charge is 0.274 e. The number of aromatic nitrogens is 2. The second kappa shape index (κ2) is 7.72. The summed E-state index contributed by atoms with van der Waals surface area (Å²) >= 11 is 12.0. The van der Waals surface area contributed by atoms with E-state index in [0.29, 0.717) is 27.4 Å². The summed E-state index contributed by atoms with van der Waals surface area (Å²) in [6, 6.07) is 14.3. The van der Waals surface area contributed by atoms with Crippen molar-refractivity contribution in [1.29, 1.82) is 0 Å². The Bertz CT molecular complexity index is 976. The van der Waals surface area contributed by atoms with Crippen LogP contribution in [0.2, 0.25) is 10.0 Å². The van der Waals surface area contributed by atoms with E-state index < -0.39 is 5.91 Å². The molecule has 0 atom stereocenters. The van der Waals surface area contributed by atoms with Gasteiger partial charge in [-0.2, -0.15) is 0 Å². The topological polar surface area (TPSA) is 66.9 Å². The van der Waals surface area contributed by atoms with Crippen LogP contribution in [0.4, 0.5) is 17.3 Å². The lowest BCUT2D eigenvalue weighted by Gasteiger charge is -2.10. The van der Waals surface area contributed by atoms with Gasteiger partial charge >= 0.3 is 0 Å². The van der Waals surface area contributed by atoms with E-state index in [4.69, 9.17) is 23.2 Å². The van der Waals surface area contributed by atoms with Crippen LogP contribution in [0.3, 0.4) is 0 Å². The van der Waals surface area contributed by atoms with Crippen molar-refractivity contribution in [2.24, 2.45) is 0 Å². The van der Waals surface area contributed by atoms with Gasteiger partial charge < -0.3 is 10.6 Å². The van der Waals surface area contributed by atoms with Crippen molar-refractivity contribution in [2.45, 2.75) is 13.8 Å². The molecule has 0 aliphatic rings. The molecule has 2 aromatic carbocycles. The Kier molecular flexibility index (Phi) is 5.40. The Hall–Kier alpha value is -2.63. The first-order chi connectivity index (χ1) is 12.4. The molecule has 0 aliphatic heterocycles. The van der Waals surface area contributed by atoms with E-state index >= 15 is 0 Å². The number of carbonyl (C=O) groups excluding carboxylic acids is 1. The molecule has 3 aromatic rings. The molecule has 5 nitrogen and oxygen atoms in total. The van der Waals surface area contributed by atoms with Crippen LogP contribution < -0.4 is 10.6 Å². The normalized spacial score (nSPS) is 10.5. The lowest BCUT2D eigenvalue weighted by Crippen LogP contribution is -2.15. The van der Waals surface area contributed by atoms with Gasteiger partial charge in [-0.1, -0.05) is 35.3 Å². The first-order valence-electron chi connectivity index (χ1n) is 7.86. The number of hydrogen-bond donors (Lipinski definition) is 2. The fourth-order valence-corrected chi connectivity index (χ4v) is 2.71. The summed E-state index contributed by atoms with van der Waals surface area (Å²) in [5.74, 6) is -0.0510. The van der Waals surface area contributed by atoms with Crippen LogP contribution in [0.1, 0.15) is 21.7 Å². The highest BCUT2D eigenvalue weighted by Crippen LogP contribution is 2.26. The molecule has 1 heterocycles. The van der Waals surface area contributed by atoms with Crippen molar-refractivity contribution in [3.05, 3.63) is 75.5 Å². The Morgan fingerprint density at radius 1 is 1.00 bits per heavy atom. The van der Waals surface area contributed by atoms with Crippen LogP contribution in [0, 0.1) is 13.8 Å². The molecule has 0 saturated carbocycles. The molecule has 0 bridgehead atoms. The number of hydrogen-bond acceptors (Lipinski definition) is 4. The molecule has 7 heteroatoms. The Morgan fingerprint density at radius 3 is 2.58 bits per heavy atom. The Morgan fingerprint density at radius 2 is 1.81 bits per heavy atom. The summed E-state index contributed by atoms with van der Waals surface area (Å²) in [7, 11) is 0. The van der Waals surface area contributed by atoms with Gasteiger partial charge in [0.1, 0.15) is 5.69 Å². The first-order valence-corrected chi connectivity index (χ1v) is 8.62. The second-order valence-electron chi connectivity index (χ2n) is 5.79. The van der Waals surface area contributed by atoms with E-state index in [9.17, 15) is 4.79 Å². The molecule has 0 saturated heterocycles. The lowest BCUT2D eigenvalue weighted by atomic mass is 10.2. The third kappa shape index (κ3) is 4.50. The van der Waals surface area contributed by atoms with Crippen LogP contribution in [-0.2, 0) is 0 Å². The predicted molar refractivity (Wildman–Crippen MR) is 106 cm³/mol. The number of benzene rings is 2. The molecular formula is C19H16Cl2N4O. The van der Waals surface area contributed by atoms with Gasteiger partial charge in [-0.25, -0.2) is 9.97 Å². The first kappa shape index (κ1) is 18.2. The van der Waals surface area contributed by atoms with E-state index in [1.807, 2.05) is 31.2 Å². The molecule has 0 radical (unpaired) electrons. The van der Waals surface area contributed by atoms with Crippen LogP contribution >= 0.6 is 23.2 Å². The molecule has 1 amide bonds. The number of rotatable bonds is 4. The fraction of sp³-hybridized carbons (Fsp3) is 0.105. The summed E-state index contributed by atoms with van der Waals surface area (Å²) in [4.78, 5) is 21.2. The van der Waals surface area contributed by atoms with Crippen molar-refractivity contribution < 1.29 is 4.79 Å². The summed E-state index contributed by atoms with van der Waals surface area (Å²) in [6.45, 7) is 3.79. The van der Waals surface area contributed by atoms with Gasteiger partial charge in [0.25, 0.3) is 5.91 Å². The Balaban J connectivity index is 1.84. The van der Waals surface area contributed by atoms with Crippen molar-refractivity contribution in [3.8, 4) is 0 Å². The zero-order valence-electron chi connectivity index (χ0n) is 14.2. The average molecular weight is 387 g/mol. The molecule has 0 spiro atoms. The van der Waals surface area contributed by atoms with E-state index in [0.717, 1.165) is 11.3 Å². The fourth-order valence-electron chi connectivity index (χ4n) is 2.37. The average Bonchev–Trinajstić information content (AvgIpc) is 2.57.